The number of nitrogens with one attached hydrogen (secondary N) is 1. The summed E-state index contributed by atoms with van der Waals surface area (Å²) in [4.78, 5) is 17.2. The molecule has 1 fully saturated rings. The van der Waals surface area contributed by atoms with E-state index in [0.717, 1.165) is 35.5 Å². The zero-order valence-corrected chi connectivity index (χ0v) is 14.0. The third-order valence-corrected chi connectivity index (χ3v) is 4.80. The molecule has 1 N–H and O–H groups in total. The van der Waals surface area contributed by atoms with Crippen molar-refractivity contribution in [1.29, 1.82) is 0 Å². The summed E-state index contributed by atoms with van der Waals surface area (Å²) in [6.45, 7) is 6.77. The molecule has 7 heteroatoms. The van der Waals surface area contributed by atoms with Crippen molar-refractivity contribution in [2.24, 2.45) is 0 Å². The molecule has 1 aromatic rings. The number of carbonyl (C=O) groups excluding carboxylic acids is 1. The molecular weight excluding hydrogens is 310 g/mol. The lowest BCUT2D eigenvalue weighted by atomic mass is 10.2. The lowest BCUT2D eigenvalue weighted by Crippen LogP contribution is -2.49. The predicted molar refractivity (Wildman–Crippen MR) is 86.0 cm³/mol. The molecule has 0 aromatic carbocycles. The molecule has 118 valence electrons. The van der Waals surface area contributed by atoms with Gasteiger partial charge in [0.25, 0.3) is 0 Å². The normalized spacial score (nSPS) is 17.5. The van der Waals surface area contributed by atoms with Gasteiger partial charge in [-0.3, -0.25) is 4.90 Å². The number of ether oxygens (including phenoxy) is 1. The van der Waals surface area contributed by atoms with Crippen molar-refractivity contribution < 1.29 is 9.53 Å². The Labute approximate surface area is 134 Å². The molecule has 0 radical (unpaired) electrons. The van der Waals surface area contributed by atoms with Crippen LogP contribution in [0.15, 0.2) is 12.1 Å². The predicted octanol–water partition coefficient (Wildman–Crippen LogP) is 2.26. The first-order chi connectivity index (χ1) is 10.1. The third kappa shape index (κ3) is 5.14. The highest BCUT2D eigenvalue weighted by Gasteiger charge is 2.18. The zero-order valence-electron chi connectivity index (χ0n) is 12.5. The van der Waals surface area contributed by atoms with E-state index in [-0.39, 0.29) is 6.03 Å². The van der Waals surface area contributed by atoms with E-state index in [1.807, 2.05) is 12.1 Å². The van der Waals surface area contributed by atoms with Crippen LogP contribution in [-0.4, -0.2) is 61.8 Å². The number of morpholine rings is 1. The minimum Gasteiger partial charge on any atom is -0.379 e. The quantitative estimate of drug-likeness (QED) is 0.900. The number of nitrogens with zero attached hydrogens (tertiary/aromatic N) is 2. The SMILES string of the molecule is C[C@H](CNC(=O)N(C)Cc1ccc(Cl)s1)N1CCOCC1. The Kier molecular flexibility index (Phi) is 6.29. The van der Waals surface area contributed by atoms with Gasteiger partial charge in [-0.1, -0.05) is 11.6 Å². The van der Waals surface area contributed by atoms with Crippen LogP contribution >= 0.6 is 22.9 Å². The first-order valence-corrected chi connectivity index (χ1v) is 8.30. The highest BCUT2D eigenvalue weighted by Crippen LogP contribution is 2.22. The maximum Gasteiger partial charge on any atom is 0.317 e. The van der Waals surface area contributed by atoms with Crippen LogP contribution in [-0.2, 0) is 11.3 Å². The molecule has 21 heavy (non-hydrogen) atoms. The highest BCUT2D eigenvalue weighted by molar-refractivity contribution is 7.16. The number of carbonyl (C=O) groups is 1. The number of hydrogen-bond donors (Lipinski definition) is 1. The van der Waals surface area contributed by atoms with Gasteiger partial charge in [0.1, 0.15) is 0 Å². The van der Waals surface area contributed by atoms with Crippen LogP contribution in [0.4, 0.5) is 4.79 Å². The van der Waals surface area contributed by atoms with Gasteiger partial charge in [-0.25, -0.2) is 4.79 Å². The van der Waals surface area contributed by atoms with E-state index in [1.54, 1.807) is 11.9 Å². The van der Waals surface area contributed by atoms with Crippen molar-refractivity contribution in [3.8, 4) is 0 Å². The Morgan fingerprint density at radius 3 is 2.86 bits per heavy atom. The van der Waals surface area contributed by atoms with E-state index < -0.39 is 0 Å². The monoisotopic (exact) mass is 331 g/mol. The van der Waals surface area contributed by atoms with Crippen molar-refractivity contribution in [3.05, 3.63) is 21.3 Å². The van der Waals surface area contributed by atoms with Crippen molar-refractivity contribution in [3.63, 3.8) is 0 Å². The molecule has 0 saturated carbocycles. The molecule has 1 saturated heterocycles. The number of amides is 2. The van der Waals surface area contributed by atoms with Crippen molar-refractivity contribution in [2.45, 2.75) is 19.5 Å². The summed E-state index contributed by atoms with van der Waals surface area (Å²) in [7, 11) is 1.79. The van der Waals surface area contributed by atoms with Gasteiger partial charge in [0.05, 0.1) is 24.1 Å². The molecule has 1 aromatic heterocycles. The van der Waals surface area contributed by atoms with E-state index in [0.29, 0.717) is 19.1 Å². The third-order valence-electron chi connectivity index (χ3n) is 3.59. The Morgan fingerprint density at radius 1 is 1.52 bits per heavy atom. The minimum atomic E-state index is -0.0559. The number of thiophene rings is 1. The summed E-state index contributed by atoms with van der Waals surface area (Å²) in [5.41, 5.74) is 0. The van der Waals surface area contributed by atoms with Gasteiger partial charge >= 0.3 is 6.03 Å². The summed E-state index contributed by atoms with van der Waals surface area (Å²) in [6.07, 6.45) is 0. The van der Waals surface area contributed by atoms with Crippen LogP contribution in [0.2, 0.25) is 4.34 Å². The highest BCUT2D eigenvalue weighted by atomic mass is 35.5. The second kappa shape index (κ2) is 7.98. The molecule has 0 unspecified atom stereocenters. The summed E-state index contributed by atoms with van der Waals surface area (Å²) < 4.78 is 6.08. The first-order valence-electron chi connectivity index (χ1n) is 7.11. The average Bonchev–Trinajstić information content (AvgIpc) is 2.90. The molecule has 5 nitrogen and oxygen atoms in total. The maximum absolute atomic E-state index is 12.1. The maximum atomic E-state index is 12.1. The van der Waals surface area contributed by atoms with E-state index in [2.05, 4.69) is 17.1 Å². The fourth-order valence-corrected chi connectivity index (χ4v) is 3.40. The Bertz CT molecular complexity index is 463. The van der Waals surface area contributed by atoms with E-state index in [4.69, 9.17) is 16.3 Å². The summed E-state index contributed by atoms with van der Waals surface area (Å²) in [5, 5.41) is 2.98. The van der Waals surface area contributed by atoms with Crippen LogP contribution in [0.25, 0.3) is 0 Å². The fraction of sp³-hybridized carbons (Fsp3) is 0.643. The lowest BCUT2D eigenvalue weighted by molar-refractivity contribution is 0.0207. The Hall–Kier alpha value is -0.820. The molecule has 1 atom stereocenters. The Balaban J connectivity index is 1.72. The second-order valence-electron chi connectivity index (χ2n) is 5.25. The zero-order chi connectivity index (χ0) is 15.2. The van der Waals surface area contributed by atoms with Gasteiger partial charge in [0, 0.05) is 37.6 Å². The lowest BCUT2D eigenvalue weighted by Gasteiger charge is -2.32. The number of rotatable bonds is 5. The van der Waals surface area contributed by atoms with Gasteiger partial charge < -0.3 is 15.0 Å². The largest absolute Gasteiger partial charge is 0.379 e. The van der Waals surface area contributed by atoms with Gasteiger partial charge in [0.2, 0.25) is 0 Å². The van der Waals surface area contributed by atoms with Crippen LogP contribution in [0, 0.1) is 0 Å². The first kappa shape index (κ1) is 16.5. The van der Waals surface area contributed by atoms with E-state index in [9.17, 15) is 4.79 Å². The second-order valence-corrected chi connectivity index (χ2v) is 7.04. The van der Waals surface area contributed by atoms with E-state index >= 15 is 0 Å². The molecule has 2 amide bonds. The molecule has 0 spiro atoms. The van der Waals surface area contributed by atoms with Crippen LogP contribution < -0.4 is 5.32 Å². The molecule has 0 aliphatic carbocycles. The summed E-state index contributed by atoms with van der Waals surface area (Å²) in [6, 6.07) is 4.07. The van der Waals surface area contributed by atoms with Gasteiger partial charge in [-0.15, -0.1) is 11.3 Å². The smallest absolute Gasteiger partial charge is 0.317 e. The van der Waals surface area contributed by atoms with Crippen LogP contribution in [0.1, 0.15) is 11.8 Å². The number of hydrogen-bond acceptors (Lipinski definition) is 4. The molecule has 1 aliphatic rings. The van der Waals surface area contributed by atoms with Crippen molar-refractivity contribution in [2.75, 3.05) is 39.9 Å². The fourth-order valence-electron chi connectivity index (χ4n) is 2.26. The van der Waals surface area contributed by atoms with Gasteiger partial charge in [-0.05, 0) is 19.1 Å². The molecule has 2 heterocycles. The average molecular weight is 332 g/mol. The molecule has 1 aliphatic heterocycles. The summed E-state index contributed by atoms with van der Waals surface area (Å²) in [5.74, 6) is 0. The van der Waals surface area contributed by atoms with Crippen molar-refractivity contribution >= 4 is 29.0 Å². The van der Waals surface area contributed by atoms with E-state index in [1.165, 1.54) is 11.3 Å². The molecule has 0 bridgehead atoms. The van der Waals surface area contributed by atoms with Crippen molar-refractivity contribution in [1.82, 2.24) is 15.1 Å². The number of urea groups is 1. The number of halogens is 1. The van der Waals surface area contributed by atoms with Crippen LogP contribution in [0.3, 0.4) is 0 Å². The van der Waals surface area contributed by atoms with Gasteiger partial charge in [0.15, 0.2) is 0 Å². The standard InChI is InChI=1S/C14H22ClN3O2S/c1-11(18-5-7-20-8-6-18)9-16-14(19)17(2)10-12-3-4-13(15)21-12/h3-4,11H,5-10H2,1-2H3,(H,16,19)/t11-/m1/s1. The van der Waals surface area contributed by atoms with Crippen LogP contribution in [0.5, 0.6) is 0 Å². The molecule has 2 rings (SSSR count). The summed E-state index contributed by atoms with van der Waals surface area (Å²) >= 11 is 7.40. The Morgan fingerprint density at radius 2 is 2.24 bits per heavy atom. The topological polar surface area (TPSA) is 44.8 Å². The van der Waals surface area contributed by atoms with Gasteiger partial charge in [-0.2, -0.15) is 0 Å². The minimum absolute atomic E-state index is 0.0559. The molecular formula is C14H22ClN3O2S.